The van der Waals surface area contributed by atoms with E-state index >= 15 is 0 Å². The van der Waals surface area contributed by atoms with Gasteiger partial charge in [-0.1, -0.05) is 11.6 Å². The summed E-state index contributed by atoms with van der Waals surface area (Å²) >= 11 is 7.30. The molecule has 0 aliphatic heterocycles. The molecule has 1 heterocycles. The Labute approximate surface area is 127 Å². The van der Waals surface area contributed by atoms with E-state index in [2.05, 4.69) is 20.3 Å². The van der Waals surface area contributed by atoms with E-state index in [-0.39, 0.29) is 0 Å². The second-order valence-electron chi connectivity index (χ2n) is 3.74. The molecular weight excluding hydrogens is 296 g/mol. The zero-order valence-electron chi connectivity index (χ0n) is 11.3. The largest absolute Gasteiger partial charge is 0.464 e. The number of nitrogens with zero attached hydrogens (tertiary/aromatic N) is 3. The van der Waals surface area contributed by atoms with E-state index in [1.54, 1.807) is 0 Å². The molecule has 0 saturated heterocycles. The summed E-state index contributed by atoms with van der Waals surface area (Å²) in [6, 6.07) is 7.84. The molecule has 1 aromatic carbocycles. The Hall–Kier alpha value is -1.53. The Kier molecular flexibility index (Phi) is 5.43. The van der Waals surface area contributed by atoms with E-state index in [1.807, 2.05) is 38.1 Å². The zero-order valence-corrected chi connectivity index (χ0v) is 12.8. The smallest absolute Gasteiger partial charge is 0.322 e. The van der Waals surface area contributed by atoms with Gasteiger partial charge in [-0.3, -0.25) is 0 Å². The van der Waals surface area contributed by atoms with Gasteiger partial charge in [0.25, 0.3) is 0 Å². The average molecular weight is 311 g/mol. The third kappa shape index (κ3) is 4.25. The number of benzene rings is 1. The molecule has 20 heavy (non-hydrogen) atoms. The fraction of sp³-hybridized carbons (Fsp3) is 0.308. The van der Waals surface area contributed by atoms with Crippen LogP contribution in [0.1, 0.15) is 13.8 Å². The Morgan fingerprint density at radius 1 is 1.15 bits per heavy atom. The predicted octanol–water partition coefficient (Wildman–Crippen LogP) is 3.51. The van der Waals surface area contributed by atoms with Gasteiger partial charge in [0.1, 0.15) is 0 Å². The van der Waals surface area contributed by atoms with Crippen LogP contribution in [0.2, 0.25) is 5.02 Å². The maximum atomic E-state index is 5.87. The van der Waals surface area contributed by atoms with Crippen LogP contribution in [0.5, 0.6) is 6.01 Å². The van der Waals surface area contributed by atoms with Gasteiger partial charge in [-0.25, -0.2) is 0 Å². The molecule has 0 saturated carbocycles. The molecular formula is C13H15ClN4OS. The van der Waals surface area contributed by atoms with E-state index < -0.39 is 0 Å². The van der Waals surface area contributed by atoms with Gasteiger partial charge in [0, 0.05) is 16.5 Å². The maximum Gasteiger partial charge on any atom is 0.322 e. The van der Waals surface area contributed by atoms with Gasteiger partial charge in [0.15, 0.2) is 0 Å². The van der Waals surface area contributed by atoms with Crippen molar-refractivity contribution in [3.05, 3.63) is 29.3 Å². The molecule has 0 atom stereocenters. The maximum absolute atomic E-state index is 5.87. The molecule has 2 aromatic rings. The molecule has 7 heteroatoms. The normalized spacial score (nSPS) is 10.3. The molecule has 0 spiro atoms. The fourth-order valence-corrected chi connectivity index (χ4v) is 2.29. The van der Waals surface area contributed by atoms with Gasteiger partial charge in [-0.05, 0) is 49.9 Å². The summed E-state index contributed by atoms with van der Waals surface area (Å²) < 4.78 is 5.35. The number of anilines is 1. The van der Waals surface area contributed by atoms with Crippen LogP contribution in [-0.2, 0) is 0 Å². The van der Waals surface area contributed by atoms with Crippen LogP contribution in [0.3, 0.4) is 0 Å². The topological polar surface area (TPSA) is 59.9 Å². The van der Waals surface area contributed by atoms with Gasteiger partial charge in [0.2, 0.25) is 11.1 Å². The van der Waals surface area contributed by atoms with Crippen molar-refractivity contribution < 1.29 is 4.74 Å². The van der Waals surface area contributed by atoms with Crippen LogP contribution in [-0.4, -0.2) is 28.1 Å². The molecule has 5 nitrogen and oxygen atoms in total. The second-order valence-corrected chi connectivity index (χ2v) is 5.22. The zero-order chi connectivity index (χ0) is 14.4. The Morgan fingerprint density at radius 3 is 2.55 bits per heavy atom. The van der Waals surface area contributed by atoms with Crippen molar-refractivity contribution in [1.29, 1.82) is 0 Å². The number of ether oxygens (including phenoxy) is 1. The summed E-state index contributed by atoms with van der Waals surface area (Å²) in [6.07, 6.45) is 0. The van der Waals surface area contributed by atoms with Gasteiger partial charge in [-0.15, -0.1) is 0 Å². The summed E-state index contributed by atoms with van der Waals surface area (Å²) in [7, 11) is 0. The summed E-state index contributed by atoms with van der Waals surface area (Å²) in [5.41, 5.74) is 0. The Bertz CT molecular complexity index is 541. The highest BCUT2D eigenvalue weighted by Gasteiger charge is 2.08. The summed E-state index contributed by atoms with van der Waals surface area (Å²) in [5.74, 6) is 0.516. The fourth-order valence-electron chi connectivity index (χ4n) is 1.42. The van der Waals surface area contributed by atoms with Crippen LogP contribution in [0.4, 0.5) is 5.95 Å². The lowest BCUT2D eigenvalue weighted by Crippen LogP contribution is -2.07. The number of nitrogens with one attached hydrogen (secondary N) is 1. The molecule has 0 aliphatic rings. The highest BCUT2D eigenvalue weighted by molar-refractivity contribution is 7.99. The van der Waals surface area contributed by atoms with Crippen molar-refractivity contribution in [1.82, 2.24) is 15.0 Å². The van der Waals surface area contributed by atoms with Crippen molar-refractivity contribution in [3.63, 3.8) is 0 Å². The molecule has 0 fully saturated rings. The van der Waals surface area contributed by atoms with Crippen molar-refractivity contribution in [2.75, 3.05) is 18.5 Å². The molecule has 0 amide bonds. The average Bonchev–Trinajstić information content (AvgIpc) is 2.42. The molecule has 0 unspecified atom stereocenters. The summed E-state index contributed by atoms with van der Waals surface area (Å²) in [5, 5.41) is 4.35. The minimum atomic E-state index is 0.329. The van der Waals surface area contributed by atoms with Gasteiger partial charge in [0.05, 0.1) is 6.61 Å². The standard InChI is InChI=1S/C13H15ClN4OS/c1-3-15-11-16-12(19-4-2)18-13(17-11)20-10-7-5-9(14)6-8-10/h5-8H,3-4H2,1-2H3,(H,15,16,17,18). The first-order chi connectivity index (χ1) is 9.71. The highest BCUT2D eigenvalue weighted by atomic mass is 35.5. The molecule has 0 radical (unpaired) electrons. The van der Waals surface area contributed by atoms with Crippen LogP contribution >= 0.6 is 23.4 Å². The lowest BCUT2D eigenvalue weighted by molar-refractivity contribution is 0.308. The molecule has 0 bridgehead atoms. The van der Waals surface area contributed by atoms with E-state index in [0.29, 0.717) is 28.7 Å². The van der Waals surface area contributed by atoms with Crippen molar-refractivity contribution in [2.45, 2.75) is 23.9 Å². The highest BCUT2D eigenvalue weighted by Crippen LogP contribution is 2.27. The lowest BCUT2D eigenvalue weighted by Gasteiger charge is -2.07. The monoisotopic (exact) mass is 310 g/mol. The molecule has 2 rings (SSSR count). The summed E-state index contributed by atoms with van der Waals surface area (Å²) in [4.78, 5) is 13.8. The van der Waals surface area contributed by atoms with E-state index in [4.69, 9.17) is 16.3 Å². The quantitative estimate of drug-likeness (QED) is 0.881. The molecule has 0 aliphatic carbocycles. The van der Waals surface area contributed by atoms with Gasteiger partial charge in [-0.2, -0.15) is 15.0 Å². The Balaban J connectivity index is 2.22. The molecule has 1 N–H and O–H groups in total. The molecule has 1 aromatic heterocycles. The number of hydrogen-bond acceptors (Lipinski definition) is 6. The molecule has 106 valence electrons. The minimum Gasteiger partial charge on any atom is -0.464 e. The van der Waals surface area contributed by atoms with E-state index in [9.17, 15) is 0 Å². The third-order valence-electron chi connectivity index (χ3n) is 2.23. The first kappa shape index (κ1) is 14.9. The Morgan fingerprint density at radius 2 is 1.90 bits per heavy atom. The van der Waals surface area contributed by atoms with Crippen molar-refractivity contribution in [3.8, 4) is 6.01 Å². The van der Waals surface area contributed by atoms with Crippen LogP contribution < -0.4 is 10.1 Å². The minimum absolute atomic E-state index is 0.329. The number of halogens is 1. The number of rotatable bonds is 6. The first-order valence-corrected chi connectivity index (χ1v) is 7.47. The predicted molar refractivity (Wildman–Crippen MR) is 80.7 cm³/mol. The summed E-state index contributed by atoms with van der Waals surface area (Å²) in [6.45, 7) is 5.13. The van der Waals surface area contributed by atoms with E-state index in [0.717, 1.165) is 11.4 Å². The third-order valence-corrected chi connectivity index (χ3v) is 3.35. The number of hydrogen-bond donors (Lipinski definition) is 1. The SMILES string of the molecule is CCNc1nc(OCC)nc(Sc2ccc(Cl)cc2)n1. The van der Waals surface area contributed by atoms with Crippen LogP contribution in [0, 0.1) is 0 Å². The number of aromatic nitrogens is 3. The van der Waals surface area contributed by atoms with Crippen LogP contribution in [0.25, 0.3) is 0 Å². The second kappa shape index (κ2) is 7.31. The van der Waals surface area contributed by atoms with Gasteiger partial charge < -0.3 is 10.1 Å². The first-order valence-electron chi connectivity index (χ1n) is 6.27. The van der Waals surface area contributed by atoms with Crippen molar-refractivity contribution >= 4 is 29.3 Å². The van der Waals surface area contributed by atoms with E-state index in [1.165, 1.54) is 11.8 Å². The van der Waals surface area contributed by atoms with Crippen molar-refractivity contribution in [2.24, 2.45) is 0 Å². The van der Waals surface area contributed by atoms with Crippen LogP contribution in [0.15, 0.2) is 34.3 Å². The van der Waals surface area contributed by atoms with Gasteiger partial charge >= 0.3 is 6.01 Å². The lowest BCUT2D eigenvalue weighted by atomic mass is 10.4.